The van der Waals surface area contributed by atoms with Gasteiger partial charge in [0.05, 0.1) is 28.2 Å². The molecule has 1 aromatic carbocycles. The monoisotopic (exact) mass is 606 g/mol. The van der Waals surface area contributed by atoms with Crippen molar-refractivity contribution >= 4 is 45.8 Å². The molecule has 1 atom stereocenters. The van der Waals surface area contributed by atoms with Crippen LogP contribution >= 0.6 is 23.2 Å². The number of nitriles is 1. The van der Waals surface area contributed by atoms with Gasteiger partial charge in [-0.3, -0.25) is 14.9 Å². The lowest BCUT2D eigenvalue weighted by molar-refractivity contribution is -0.136. The van der Waals surface area contributed by atoms with Crippen molar-refractivity contribution in [1.29, 1.82) is 5.26 Å². The summed E-state index contributed by atoms with van der Waals surface area (Å²) in [4.78, 5) is 25.2. The highest BCUT2D eigenvalue weighted by Crippen LogP contribution is 2.40. The van der Waals surface area contributed by atoms with Crippen molar-refractivity contribution in [1.82, 2.24) is 25.1 Å². The fraction of sp³-hybridized carbons (Fsp3) is 0.345. The van der Waals surface area contributed by atoms with Gasteiger partial charge >= 0.3 is 0 Å². The molecule has 0 unspecified atom stereocenters. The maximum Gasteiger partial charge on any atom is 0.246 e. The van der Waals surface area contributed by atoms with Crippen molar-refractivity contribution < 1.29 is 14.3 Å². The summed E-state index contributed by atoms with van der Waals surface area (Å²) < 4.78 is 11.8. The van der Waals surface area contributed by atoms with Crippen LogP contribution in [0.3, 0.4) is 0 Å². The van der Waals surface area contributed by atoms with Crippen LogP contribution in [0.2, 0.25) is 10.0 Å². The summed E-state index contributed by atoms with van der Waals surface area (Å²) in [7, 11) is 1.55. The number of ether oxygens (including phenoxy) is 2. The third kappa shape index (κ3) is 4.85. The van der Waals surface area contributed by atoms with Crippen LogP contribution in [0.5, 0.6) is 11.5 Å². The molecule has 2 saturated heterocycles. The van der Waals surface area contributed by atoms with E-state index in [0.29, 0.717) is 68.4 Å². The number of benzene rings is 1. The van der Waals surface area contributed by atoms with Crippen LogP contribution in [-0.2, 0) is 4.79 Å². The van der Waals surface area contributed by atoms with Gasteiger partial charge in [-0.1, -0.05) is 23.2 Å². The largest absolute Gasteiger partial charge is 0.493 e. The number of nitrogens with zero attached hydrogens (tertiary/aromatic N) is 6. The minimum Gasteiger partial charge on any atom is -0.493 e. The number of nitrogens with two attached hydrogens (primary N) is 1. The van der Waals surface area contributed by atoms with Crippen molar-refractivity contribution in [2.24, 2.45) is 5.73 Å². The van der Waals surface area contributed by atoms with Gasteiger partial charge in [-0.05, 0) is 31.9 Å². The zero-order chi connectivity index (χ0) is 29.6. The normalized spacial score (nSPS) is 16.7. The predicted octanol–water partition coefficient (Wildman–Crippen LogP) is 4.49. The van der Waals surface area contributed by atoms with Crippen molar-refractivity contribution in [3.05, 3.63) is 58.0 Å². The molecular formula is C29H28Cl2N8O3. The SMILES string of the molecule is COc1cc2[nH]nc(-c3cnc(N4CC(N)(C(=O)N5CCCC5)C4)c(C#N)c3)c2cc1O[C@H](C)c1c(Cl)cncc1Cl. The minimum atomic E-state index is -0.965. The van der Waals surface area contributed by atoms with E-state index in [-0.39, 0.29) is 5.91 Å². The second-order valence-corrected chi connectivity index (χ2v) is 11.4. The zero-order valence-electron chi connectivity index (χ0n) is 23.0. The maximum absolute atomic E-state index is 12.9. The van der Waals surface area contributed by atoms with Gasteiger partial charge in [0.15, 0.2) is 11.5 Å². The quantitative estimate of drug-likeness (QED) is 0.310. The first kappa shape index (κ1) is 28.0. The van der Waals surface area contributed by atoms with E-state index in [1.807, 2.05) is 22.8 Å². The van der Waals surface area contributed by atoms with Crippen LogP contribution in [0.4, 0.5) is 5.82 Å². The Labute approximate surface area is 252 Å². The number of H-pyrrole nitrogens is 1. The number of carbonyl (C=O) groups excluding carboxylic acids is 1. The van der Waals surface area contributed by atoms with Crippen LogP contribution in [-0.4, -0.2) is 69.8 Å². The molecule has 3 N–H and O–H groups in total. The number of aromatic nitrogens is 4. The van der Waals surface area contributed by atoms with Crippen LogP contribution in [0, 0.1) is 11.3 Å². The lowest BCUT2D eigenvalue weighted by Gasteiger charge is -2.48. The van der Waals surface area contributed by atoms with Crippen LogP contribution in [0.15, 0.2) is 36.8 Å². The summed E-state index contributed by atoms with van der Waals surface area (Å²) in [6, 6.07) is 7.58. The second kappa shape index (κ2) is 10.9. The van der Waals surface area contributed by atoms with E-state index >= 15 is 0 Å². The molecular weight excluding hydrogens is 579 g/mol. The molecule has 0 saturated carbocycles. The van der Waals surface area contributed by atoms with Gasteiger partial charge in [-0.25, -0.2) is 4.98 Å². The van der Waals surface area contributed by atoms with E-state index in [9.17, 15) is 10.1 Å². The van der Waals surface area contributed by atoms with Gasteiger partial charge in [0.25, 0.3) is 0 Å². The number of carbonyl (C=O) groups is 1. The molecule has 4 aromatic rings. The number of rotatable bonds is 7. The molecule has 42 heavy (non-hydrogen) atoms. The van der Waals surface area contributed by atoms with E-state index in [1.165, 1.54) is 12.4 Å². The molecule has 1 amide bonds. The first-order valence-corrected chi connectivity index (χ1v) is 14.2. The molecule has 2 aliphatic heterocycles. The molecule has 0 aliphatic carbocycles. The third-order valence-electron chi connectivity index (χ3n) is 7.77. The number of hydrogen-bond acceptors (Lipinski definition) is 9. The molecule has 0 spiro atoms. The topological polar surface area (TPSA) is 146 Å². The van der Waals surface area contributed by atoms with Crippen molar-refractivity contribution in [2.45, 2.75) is 31.4 Å². The molecule has 5 heterocycles. The highest BCUT2D eigenvalue weighted by molar-refractivity contribution is 6.35. The average Bonchev–Trinajstić information content (AvgIpc) is 3.65. The van der Waals surface area contributed by atoms with Crippen LogP contribution in [0.25, 0.3) is 22.2 Å². The summed E-state index contributed by atoms with van der Waals surface area (Å²) in [5.41, 5.74) is 8.38. The van der Waals surface area contributed by atoms with Gasteiger partial charge < -0.3 is 25.0 Å². The summed E-state index contributed by atoms with van der Waals surface area (Å²) in [5.74, 6) is 1.40. The highest BCUT2D eigenvalue weighted by Gasteiger charge is 2.49. The van der Waals surface area contributed by atoms with E-state index in [2.05, 4.69) is 26.2 Å². The molecule has 3 aromatic heterocycles. The molecule has 0 bridgehead atoms. The Bertz CT molecular complexity index is 1700. The van der Waals surface area contributed by atoms with Gasteiger partial charge in [0.2, 0.25) is 5.91 Å². The summed E-state index contributed by atoms with van der Waals surface area (Å²) in [6.07, 6.45) is 6.18. The standard InChI is InChI=1S/C29H28Cl2N8O3/c1-16(25-20(30)12-34-13-21(25)31)42-24-8-19-22(9-23(24)41-2)36-37-26(19)18-7-17(10-32)27(35-11-18)39-14-29(33,15-39)28(40)38-5-3-4-6-38/h7-9,11-13,16H,3-6,14-15,33H2,1-2H3,(H,36,37)/t16-/m1/s1. The number of anilines is 1. The molecule has 11 nitrogen and oxygen atoms in total. The fourth-order valence-corrected chi connectivity index (χ4v) is 6.30. The lowest BCUT2D eigenvalue weighted by Crippen LogP contribution is -2.74. The Hall–Kier alpha value is -4.11. The van der Waals surface area contributed by atoms with Crippen molar-refractivity contribution in [2.75, 3.05) is 38.2 Å². The lowest BCUT2D eigenvalue weighted by atomic mass is 9.89. The number of halogens is 2. The smallest absolute Gasteiger partial charge is 0.246 e. The number of methoxy groups -OCH3 is 1. The van der Waals surface area contributed by atoms with Gasteiger partial charge in [-0.15, -0.1) is 0 Å². The Kier molecular flexibility index (Phi) is 7.30. The fourth-order valence-electron chi connectivity index (χ4n) is 5.63. The van der Waals surface area contributed by atoms with E-state index in [1.54, 1.807) is 25.4 Å². The van der Waals surface area contributed by atoms with Gasteiger partial charge in [0, 0.05) is 67.3 Å². The van der Waals surface area contributed by atoms with E-state index < -0.39 is 11.6 Å². The Morgan fingerprint density at radius 3 is 2.52 bits per heavy atom. The number of fused-ring (bicyclic) bond motifs is 1. The Balaban J connectivity index is 1.28. The summed E-state index contributed by atoms with van der Waals surface area (Å²) in [6.45, 7) is 3.93. The average molecular weight is 608 g/mol. The number of nitrogens with one attached hydrogen (secondary N) is 1. The first-order chi connectivity index (χ1) is 20.2. The van der Waals surface area contributed by atoms with E-state index in [4.69, 9.17) is 38.4 Å². The Morgan fingerprint density at radius 2 is 1.86 bits per heavy atom. The third-order valence-corrected chi connectivity index (χ3v) is 8.38. The maximum atomic E-state index is 12.9. The Morgan fingerprint density at radius 1 is 1.14 bits per heavy atom. The first-order valence-electron chi connectivity index (χ1n) is 13.5. The zero-order valence-corrected chi connectivity index (χ0v) is 24.5. The summed E-state index contributed by atoms with van der Waals surface area (Å²) >= 11 is 12.7. The number of pyridine rings is 2. The van der Waals surface area contributed by atoms with Crippen LogP contribution < -0.4 is 20.1 Å². The molecule has 13 heteroatoms. The van der Waals surface area contributed by atoms with Gasteiger partial charge in [0.1, 0.15) is 29.2 Å². The van der Waals surface area contributed by atoms with Crippen molar-refractivity contribution in [3.8, 4) is 28.8 Å². The van der Waals surface area contributed by atoms with Gasteiger partial charge in [-0.2, -0.15) is 10.4 Å². The molecule has 216 valence electrons. The highest BCUT2D eigenvalue weighted by atomic mass is 35.5. The molecule has 2 aliphatic rings. The van der Waals surface area contributed by atoms with Crippen LogP contribution in [0.1, 0.15) is 37.0 Å². The number of amides is 1. The molecule has 0 radical (unpaired) electrons. The molecule has 6 rings (SSSR count). The second-order valence-electron chi connectivity index (χ2n) is 10.6. The van der Waals surface area contributed by atoms with Crippen molar-refractivity contribution in [3.63, 3.8) is 0 Å². The summed E-state index contributed by atoms with van der Waals surface area (Å²) in [5, 5.41) is 19.0. The number of hydrogen-bond donors (Lipinski definition) is 2. The van der Waals surface area contributed by atoms with E-state index in [0.717, 1.165) is 31.3 Å². The predicted molar refractivity (Wildman–Crippen MR) is 159 cm³/mol. The number of aromatic amines is 1. The molecule has 2 fully saturated rings. The minimum absolute atomic E-state index is 0.0365. The number of likely N-dealkylation sites (tertiary alicyclic amines) is 1.